The summed E-state index contributed by atoms with van der Waals surface area (Å²) in [5.41, 5.74) is 4.18. The third kappa shape index (κ3) is 3.09. The van der Waals surface area contributed by atoms with Crippen LogP contribution in [0.1, 0.15) is 27.3 Å². The lowest BCUT2D eigenvalue weighted by Gasteiger charge is -2.08. The number of amides is 1. The molecule has 0 unspecified atom stereocenters. The van der Waals surface area contributed by atoms with Crippen molar-refractivity contribution in [2.45, 2.75) is 20.4 Å². The van der Waals surface area contributed by atoms with Gasteiger partial charge in [-0.3, -0.25) is 14.7 Å². The number of hydrogen-bond acceptors (Lipinski definition) is 3. The van der Waals surface area contributed by atoms with Gasteiger partial charge >= 0.3 is 0 Å². The van der Waals surface area contributed by atoms with Crippen LogP contribution in [-0.4, -0.2) is 20.5 Å². The second kappa shape index (κ2) is 7.15. The molecule has 2 N–H and O–H groups in total. The molecule has 0 atom stereocenters. The fourth-order valence-electron chi connectivity index (χ4n) is 3.37. The van der Waals surface area contributed by atoms with Crippen molar-refractivity contribution < 1.29 is 4.79 Å². The van der Waals surface area contributed by atoms with Gasteiger partial charge in [0.2, 0.25) is 0 Å². The number of hydrogen-bond donors (Lipinski definition) is 2. The Morgan fingerprint density at radius 2 is 1.68 bits per heavy atom. The van der Waals surface area contributed by atoms with E-state index in [1.807, 2.05) is 67.6 Å². The zero-order valence-corrected chi connectivity index (χ0v) is 15.7. The number of benzene rings is 2. The van der Waals surface area contributed by atoms with Gasteiger partial charge in [-0.05, 0) is 25.0 Å². The maximum absolute atomic E-state index is 13.0. The smallest absolute Gasteiger partial charge is 0.285 e. The Kier molecular flexibility index (Phi) is 4.53. The van der Waals surface area contributed by atoms with E-state index in [0.717, 1.165) is 22.4 Å². The van der Waals surface area contributed by atoms with Crippen LogP contribution in [0.5, 0.6) is 0 Å². The van der Waals surface area contributed by atoms with Crippen molar-refractivity contribution in [2.24, 2.45) is 0 Å². The van der Waals surface area contributed by atoms with Gasteiger partial charge in [0.15, 0.2) is 5.65 Å². The molecule has 0 saturated heterocycles. The molecule has 6 heteroatoms. The molecule has 2 aromatic heterocycles. The van der Waals surface area contributed by atoms with E-state index in [0.29, 0.717) is 17.9 Å². The molecular weight excluding hydrogens is 352 g/mol. The topological polar surface area (TPSA) is 79.3 Å². The molecule has 0 aliphatic heterocycles. The van der Waals surface area contributed by atoms with Crippen LogP contribution in [0.15, 0.2) is 65.5 Å². The second-order valence-electron chi connectivity index (χ2n) is 6.68. The lowest BCUT2D eigenvalue weighted by atomic mass is 10.1. The molecule has 2 aromatic carbocycles. The molecule has 0 fully saturated rings. The van der Waals surface area contributed by atoms with Crippen LogP contribution in [0.4, 0.5) is 0 Å². The Labute approximate surface area is 161 Å². The highest BCUT2D eigenvalue weighted by Gasteiger charge is 2.21. The number of H-pyrrole nitrogens is 1. The third-order valence-corrected chi connectivity index (χ3v) is 4.73. The minimum Gasteiger partial charge on any atom is -0.348 e. The van der Waals surface area contributed by atoms with Crippen molar-refractivity contribution in [1.29, 1.82) is 0 Å². The molecule has 2 heterocycles. The first-order valence-corrected chi connectivity index (χ1v) is 9.05. The summed E-state index contributed by atoms with van der Waals surface area (Å²) < 4.78 is 1.35. The minimum absolute atomic E-state index is 0.0503. The van der Waals surface area contributed by atoms with E-state index in [2.05, 4.69) is 15.4 Å². The maximum atomic E-state index is 13.0. The number of carbonyl (C=O) groups excluding carboxylic acids is 1. The second-order valence-corrected chi connectivity index (χ2v) is 6.68. The zero-order chi connectivity index (χ0) is 19.7. The Hall–Kier alpha value is -3.67. The van der Waals surface area contributed by atoms with Crippen molar-refractivity contribution in [3.05, 3.63) is 93.5 Å². The molecule has 0 bridgehead atoms. The van der Waals surface area contributed by atoms with Gasteiger partial charge in [-0.2, -0.15) is 0 Å². The summed E-state index contributed by atoms with van der Waals surface area (Å²) in [6.45, 7) is 3.93. The molecule has 0 saturated carbocycles. The van der Waals surface area contributed by atoms with Gasteiger partial charge in [-0.1, -0.05) is 60.7 Å². The van der Waals surface area contributed by atoms with Crippen LogP contribution in [0.25, 0.3) is 16.8 Å². The molecule has 0 aliphatic carbocycles. The van der Waals surface area contributed by atoms with Crippen molar-refractivity contribution in [1.82, 2.24) is 19.9 Å². The summed E-state index contributed by atoms with van der Waals surface area (Å²) in [4.78, 5) is 30.3. The molecule has 1 amide bonds. The number of aryl methyl sites for hydroxylation is 2. The Bertz CT molecular complexity index is 1210. The first-order chi connectivity index (χ1) is 13.6. The van der Waals surface area contributed by atoms with Crippen LogP contribution in [-0.2, 0) is 6.54 Å². The summed E-state index contributed by atoms with van der Waals surface area (Å²) >= 11 is 0. The predicted molar refractivity (Wildman–Crippen MR) is 108 cm³/mol. The Morgan fingerprint density at radius 3 is 2.36 bits per heavy atom. The fourth-order valence-corrected chi connectivity index (χ4v) is 3.37. The number of fused-ring (bicyclic) bond motifs is 1. The number of rotatable bonds is 4. The van der Waals surface area contributed by atoms with E-state index in [1.54, 1.807) is 6.92 Å². The SMILES string of the molecule is Cc1nc2c(-c3ccccc3)c(C)[nH]n2c(=O)c1C(=O)NCc1ccccc1. The highest BCUT2D eigenvalue weighted by Crippen LogP contribution is 2.26. The first kappa shape index (κ1) is 17.7. The standard InChI is InChI=1S/C22H20N4O2/c1-14-19(21(27)23-13-16-9-5-3-6-10-16)22(28)26-20(24-14)18(15(2)25-26)17-11-7-4-8-12-17/h3-12,25H,13H2,1-2H3,(H,23,27). The molecule has 6 nitrogen and oxygen atoms in total. The van der Waals surface area contributed by atoms with E-state index in [-0.39, 0.29) is 5.56 Å². The largest absolute Gasteiger partial charge is 0.348 e. The van der Waals surface area contributed by atoms with Crippen LogP contribution in [0.2, 0.25) is 0 Å². The van der Waals surface area contributed by atoms with Crippen molar-refractivity contribution in [3.63, 3.8) is 0 Å². The highest BCUT2D eigenvalue weighted by molar-refractivity contribution is 5.95. The Balaban J connectivity index is 1.75. The van der Waals surface area contributed by atoms with Gasteiger partial charge < -0.3 is 5.32 Å². The molecule has 4 rings (SSSR count). The highest BCUT2D eigenvalue weighted by atomic mass is 16.2. The van der Waals surface area contributed by atoms with Gasteiger partial charge in [-0.25, -0.2) is 9.50 Å². The average molecular weight is 372 g/mol. The monoisotopic (exact) mass is 372 g/mol. The van der Waals surface area contributed by atoms with Crippen LogP contribution in [0.3, 0.4) is 0 Å². The van der Waals surface area contributed by atoms with E-state index in [9.17, 15) is 9.59 Å². The molecule has 140 valence electrons. The third-order valence-electron chi connectivity index (χ3n) is 4.73. The number of nitrogens with zero attached hydrogens (tertiary/aromatic N) is 2. The number of nitrogens with one attached hydrogen (secondary N) is 2. The molecule has 0 radical (unpaired) electrons. The molecule has 0 spiro atoms. The summed E-state index contributed by atoms with van der Waals surface area (Å²) in [6, 6.07) is 19.3. The minimum atomic E-state index is -0.429. The van der Waals surface area contributed by atoms with Gasteiger partial charge in [0.1, 0.15) is 5.56 Å². The summed E-state index contributed by atoms with van der Waals surface area (Å²) in [7, 11) is 0. The Morgan fingerprint density at radius 1 is 1.04 bits per heavy atom. The van der Waals surface area contributed by atoms with Gasteiger partial charge in [0.05, 0.1) is 5.69 Å². The van der Waals surface area contributed by atoms with E-state index in [4.69, 9.17) is 0 Å². The normalized spacial score (nSPS) is 10.9. The number of carbonyl (C=O) groups is 1. The number of aromatic nitrogens is 3. The lowest BCUT2D eigenvalue weighted by molar-refractivity contribution is 0.0948. The van der Waals surface area contributed by atoms with E-state index < -0.39 is 11.5 Å². The van der Waals surface area contributed by atoms with Crippen LogP contribution < -0.4 is 10.9 Å². The van der Waals surface area contributed by atoms with Crippen molar-refractivity contribution >= 4 is 11.6 Å². The maximum Gasteiger partial charge on any atom is 0.285 e. The lowest BCUT2D eigenvalue weighted by Crippen LogP contribution is -2.33. The van der Waals surface area contributed by atoms with Crippen LogP contribution >= 0.6 is 0 Å². The summed E-state index contributed by atoms with van der Waals surface area (Å²) in [5.74, 6) is -0.429. The van der Waals surface area contributed by atoms with Crippen LogP contribution in [0, 0.1) is 13.8 Å². The quantitative estimate of drug-likeness (QED) is 0.577. The van der Waals surface area contributed by atoms with Gasteiger partial charge in [0.25, 0.3) is 11.5 Å². The predicted octanol–water partition coefficient (Wildman–Crippen LogP) is 3.24. The van der Waals surface area contributed by atoms with Gasteiger partial charge in [-0.15, -0.1) is 0 Å². The zero-order valence-electron chi connectivity index (χ0n) is 15.7. The molecule has 4 aromatic rings. The average Bonchev–Trinajstić information content (AvgIpc) is 3.04. The molecule has 0 aliphatic rings. The first-order valence-electron chi connectivity index (χ1n) is 9.05. The fraction of sp³-hybridized carbons (Fsp3) is 0.136. The van der Waals surface area contributed by atoms with Crippen molar-refractivity contribution in [3.8, 4) is 11.1 Å². The van der Waals surface area contributed by atoms with E-state index in [1.165, 1.54) is 4.52 Å². The summed E-state index contributed by atoms with van der Waals surface area (Å²) in [5, 5.41) is 5.86. The molecular formula is C22H20N4O2. The van der Waals surface area contributed by atoms with Gasteiger partial charge in [0, 0.05) is 17.8 Å². The van der Waals surface area contributed by atoms with E-state index >= 15 is 0 Å². The molecule has 28 heavy (non-hydrogen) atoms. The van der Waals surface area contributed by atoms with Crippen molar-refractivity contribution in [2.75, 3.05) is 0 Å². The number of aromatic amines is 1. The summed E-state index contributed by atoms with van der Waals surface area (Å²) in [6.07, 6.45) is 0.